The Morgan fingerprint density at radius 3 is 2.71 bits per heavy atom. The van der Waals surface area contributed by atoms with Crippen molar-refractivity contribution in [3.8, 4) is 0 Å². The molecule has 0 aromatic rings. The fourth-order valence-corrected chi connectivity index (χ4v) is 2.94. The molecule has 0 aromatic heterocycles. The van der Waals surface area contributed by atoms with Crippen molar-refractivity contribution >= 4 is 5.91 Å². The molecular formula is C13H27N3O. The Hall–Kier alpha value is -0.610. The number of amides is 1. The molecular weight excluding hydrogens is 214 g/mol. The number of nitrogens with zero attached hydrogens (tertiary/aromatic N) is 1. The van der Waals surface area contributed by atoms with Gasteiger partial charge in [0.2, 0.25) is 5.91 Å². The Morgan fingerprint density at radius 1 is 1.47 bits per heavy atom. The molecule has 1 aliphatic carbocycles. The second kappa shape index (κ2) is 6.97. The highest BCUT2D eigenvalue weighted by molar-refractivity contribution is 5.78. The van der Waals surface area contributed by atoms with Crippen LogP contribution >= 0.6 is 0 Å². The summed E-state index contributed by atoms with van der Waals surface area (Å²) in [5, 5.41) is 2.71. The van der Waals surface area contributed by atoms with E-state index >= 15 is 0 Å². The topological polar surface area (TPSA) is 58.4 Å². The molecule has 3 N–H and O–H groups in total. The van der Waals surface area contributed by atoms with E-state index in [0.717, 1.165) is 13.1 Å². The van der Waals surface area contributed by atoms with Gasteiger partial charge in [0.15, 0.2) is 0 Å². The maximum atomic E-state index is 11.5. The van der Waals surface area contributed by atoms with Crippen LogP contribution in [0, 0.1) is 11.8 Å². The molecule has 1 aliphatic rings. The Morgan fingerprint density at radius 2 is 2.12 bits per heavy atom. The summed E-state index contributed by atoms with van der Waals surface area (Å²) in [6, 6.07) is 0.556. The van der Waals surface area contributed by atoms with Crippen LogP contribution in [0.5, 0.6) is 0 Å². The monoisotopic (exact) mass is 241 g/mol. The van der Waals surface area contributed by atoms with E-state index in [1.54, 1.807) is 7.05 Å². The third kappa shape index (κ3) is 3.96. The van der Waals surface area contributed by atoms with E-state index in [2.05, 4.69) is 17.3 Å². The zero-order valence-electron chi connectivity index (χ0n) is 11.4. The van der Waals surface area contributed by atoms with Gasteiger partial charge in [-0.3, -0.25) is 4.79 Å². The molecule has 4 heteroatoms. The molecule has 0 radical (unpaired) electrons. The van der Waals surface area contributed by atoms with Crippen molar-refractivity contribution < 1.29 is 4.79 Å². The van der Waals surface area contributed by atoms with E-state index < -0.39 is 0 Å². The summed E-state index contributed by atoms with van der Waals surface area (Å²) >= 11 is 0. The van der Waals surface area contributed by atoms with Crippen LogP contribution in [-0.2, 0) is 4.79 Å². The minimum atomic E-state index is 0.0466. The molecule has 0 spiro atoms. The first-order valence-electron chi connectivity index (χ1n) is 6.72. The van der Waals surface area contributed by atoms with Crippen LogP contribution in [0.25, 0.3) is 0 Å². The van der Waals surface area contributed by atoms with E-state index in [4.69, 9.17) is 5.73 Å². The maximum absolute atomic E-state index is 11.5. The zero-order chi connectivity index (χ0) is 12.8. The highest BCUT2D eigenvalue weighted by Crippen LogP contribution is 2.27. The molecule has 3 unspecified atom stereocenters. The Labute approximate surface area is 105 Å². The van der Waals surface area contributed by atoms with Crippen LogP contribution < -0.4 is 11.1 Å². The Kier molecular flexibility index (Phi) is 5.92. The standard InChI is InChI=1S/C13H27N3O/c1-10(13(17)15-2)9-16(3)12-7-5-4-6-11(12)8-14/h10-12H,4-9,14H2,1-3H3,(H,15,17). The number of carbonyl (C=O) groups is 1. The summed E-state index contributed by atoms with van der Waals surface area (Å²) in [4.78, 5) is 13.8. The van der Waals surface area contributed by atoms with Crippen molar-refractivity contribution in [2.24, 2.45) is 17.6 Å². The first-order valence-corrected chi connectivity index (χ1v) is 6.72. The number of nitrogens with one attached hydrogen (secondary N) is 1. The van der Waals surface area contributed by atoms with Gasteiger partial charge in [0.25, 0.3) is 0 Å². The molecule has 100 valence electrons. The fourth-order valence-electron chi connectivity index (χ4n) is 2.94. The average Bonchev–Trinajstić information content (AvgIpc) is 2.37. The zero-order valence-corrected chi connectivity index (χ0v) is 11.4. The molecule has 17 heavy (non-hydrogen) atoms. The highest BCUT2D eigenvalue weighted by atomic mass is 16.1. The van der Waals surface area contributed by atoms with Crippen molar-refractivity contribution in [3.05, 3.63) is 0 Å². The first-order chi connectivity index (χ1) is 8.10. The van der Waals surface area contributed by atoms with E-state index in [1.807, 2.05) is 6.92 Å². The summed E-state index contributed by atoms with van der Waals surface area (Å²) in [5.74, 6) is 0.771. The third-order valence-corrected chi connectivity index (χ3v) is 3.99. The van der Waals surface area contributed by atoms with Crippen molar-refractivity contribution in [2.45, 2.75) is 38.6 Å². The lowest BCUT2D eigenvalue weighted by atomic mass is 9.83. The predicted octanol–water partition coefficient (Wildman–Crippen LogP) is 0.818. The molecule has 0 aromatic carbocycles. The predicted molar refractivity (Wildman–Crippen MR) is 70.7 cm³/mol. The molecule has 1 rings (SSSR count). The lowest BCUT2D eigenvalue weighted by Crippen LogP contribution is -2.46. The van der Waals surface area contributed by atoms with Crippen LogP contribution in [0.2, 0.25) is 0 Å². The van der Waals surface area contributed by atoms with Gasteiger partial charge in [-0.25, -0.2) is 0 Å². The van der Waals surface area contributed by atoms with Crippen molar-refractivity contribution in [3.63, 3.8) is 0 Å². The van der Waals surface area contributed by atoms with E-state index in [0.29, 0.717) is 12.0 Å². The first kappa shape index (κ1) is 14.5. The molecule has 0 saturated heterocycles. The summed E-state index contributed by atoms with van der Waals surface area (Å²) in [5.41, 5.74) is 5.84. The lowest BCUT2D eigenvalue weighted by Gasteiger charge is -2.38. The van der Waals surface area contributed by atoms with Crippen molar-refractivity contribution in [1.29, 1.82) is 0 Å². The second-order valence-electron chi connectivity index (χ2n) is 5.30. The summed E-state index contributed by atoms with van der Waals surface area (Å²) in [6.07, 6.45) is 5.05. The maximum Gasteiger partial charge on any atom is 0.223 e. The minimum Gasteiger partial charge on any atom is -0.359 e. The van der Waals surface area contributed by atoms with Crippen molar-refractivity contribution in [1.82, 2.24) is 10.2 Å². The Bertz CT molecular complexity index is 245. The molecule has 1 fully saturated rings. The molecule has 0 heterocycles. The van der Waals surface area contributed by atoms with Gasteiger partial charge in [0.1, 0.15) is 0 Å². The quantitative estimate of drug-likeness (QED) is 0.749. The van der Waals surface area contributed by atoms with Crippen LogP contribution in [-0.4, -0.2) is 44.0 Å². The molecule has 4 nitrogen and oxygen atoms in total. The average molecular weight is 241 g/mol. The number of hydrogen-bond acceptors (Lipinski definition) is 3. The van der Waals surface area contributed by atoms with Gasteiger partial charge in [0.05, 0.1) is 0 Å². The molecule has 0 bridgehead atoms. The van der Waals surface area contributed by atoms with Crippen LogP contribution in [0.3, 0.4) is 0 Å². The fraction of sp³-hybridized carbons (Fsp3) is 0.923. The van der Waals surface area contributed by atoms with E-state index in [1.165, 1.54) is 25.7 Å². The summed E-state index contributed by atoms with van der Waals surface area (Å²) in [6.45, 7) is 3.57. The SMILES string of the molecule is CNC(=O)C(C)CN(C)C1CCCCC1CN. The van der Waals surface area contributed by atoms with Gasteiger partial charge in [-0.15, -0.1) is 0 Å². The molecule has 3 atom stereocenters. The second-order valence-corrected chi connectivity index (χ2v) is 5.30. The minimum absolute atomic E-state index is 0.0466. The van der Waals surface area contributed by atoms with E-state index in [-0.39, 0.29) is 11.8 Å². The smallest absolute Gasteiger partial charge is 0.223 e. The van der Waals surface area contributed by atoms with Gasteiger partial charge in [-0.2, -0.15) is 0 Å². The van der Waals surface area contributed by atoms with Gasteiger partial charge in [0, 0.05) is 25.6 Å². The summed E-state index contributed by atoms with van der Waals surface area (Å²) in [7, 11) is 3.82. The third-order valence-electron chi connectivity index (χ3n) is 3.99. The molecule has 1 saturated carbocycles. The summed E-state index contributed by atoms with van der Waals surface area (Å²) < 4.78 is 0. The molecule has 1 amide bonds. The number of hydrogen-bond donors (Lipinski definition) is 2. The van der Waals surface area contributed by atoms with Crippen molar-refractivity contribution in [2.75, 3.05) is 27.2 Å². The van der Waals surface area contributed by atoms with Gasteiger partial charge in [-0.05, 0) is 32.4 Å². The van der Waals surface area contributed by atoms with Gasteiger partial charge >= 0.3 is 0 Å². The van der Waals surface area contributed by atoms with E-state index in [9.17, 15) is 4.79 Å². The van der Waals surface area contributed by atoms with Crippen LogP contribution in [0.1, 0.15) is 32.6 Å². The molecule has 0 aliphatic heterocycles. The number of nitrogens with two attached hydrogens (primary N) is 1. The van der Waals surface area contributed by atoms with Crippen LogP contribution in [0.4, 0.5) is 0 Å². The van der Waals surface area contributed by atoms with Gasteiger partial charge < -0.3 is 16.0 Å². The number of rotatable bonds is 5. The Balaban J connectivity index is 2.49. The lowest BCUT2D eigenvalue weighted by molar-refractivity contribution is -0.124. The number of carbonyl (C=O) groups excluding carboxylic acids is 1. The highest BCUT2D eigenvalue weighted by Gasteiger charge is 2.28. The largest absolute Gasteiger partial charge is 0.359 e. The van der Waals surface area contributed by atoms with Crippen LogP contribution in [0.15, 0.2) is 0 Å². The van der Waals surface area contributed by atoms with Gasteiger partial charge in [-0.1, -0.05) is 19.8 Å². The normalized spacial score (nSPS) is 26.9.